The number of anilines is 1. The molecule has 25 heavy (non-hydrogen) atoms. The van der Waals surface area contributed by atoms with Gasteiger partial charge in [0, 0.05) is 38.4 Å². The van der Waals surface area contributed by atoms with Gasteiger partial charge in [-0.2, -0.15) is 0 Å². The molecule has 130 valence electrons. The lowest BCUT2D eigenvalue weighted by Crippen LogP contribution is -2.46. The minimum Gasteiger partial charge on any atom is -0.369 e. The molecule has 4 rings (SSSR count). The van der Waals surface area contributed by atoms with Gasteiger partial charge in [0.05, 0.1) is 5.56 Å². The Labute approximate surface area is 147 Å². The number of piperazine rings is 1. The number of nitrogens with zero attached hydrogens (tertiary/aromatic N) is 2. The Morgan fingerprint density at radius 1 is 0.960 bits per heavy atom. The van der Waals surface area contributed by atoms with Gasteiger partial charge >= 0.3 is 0 Å². The highest BCUT2D eigenvalue weighted by molar-refractivity contribution is 7.90. The van der Waals surface area contributed by atoms with E-state index in [1.54, 1.807) is 12.1 Å². The molecule has 0 saturated carbocycles. The standard InChI is InChI=1S/C18H19N3O3S/c22-18-16-7-6-15(12-17(16)25(23,24)19-18)21-10-8-20(9-11-21)13-14-4-2-1-3-5-14/h1-7,12H,8-11,13H2,(H,19,22). The molecule has 1 amide bonds. The van der Waals surface area contributed by atoms with Crippen molar-refractivity contribution in [1.82, 2.24) is 9.62 Å². The Kier molecular flexibility index (Phi) is 3.97. The molecule has 0 radical (unpaired) electrons. The molecule has 2 aromatic carbocycles. The highest BCUT2D eigenvalue weighted by Crippen LogP contribution is 2.28. The summed E-state index contributed by atoms with van der Waals surface area (Å²) in [6.07, 6.45) is 0. The quantitative estimate of drug-likeness (QED) is 0.900. The summed E-state index contributed by atoms with van der Waals surface area (Å²) in [5, 5.41) is 0. The number of carbonyl (C=O) groups is 1. The molecule has 2 aromatic rings. The van der Waals surface area contributed by atoms with Crippen LogP contribution in [0.2, 0.25) is 0 Å². The number of amides is 1. The third-order valence-electron chi connectivity index (χ3n) is 4.71. The lowest BCUT2D eigenvalue weighted by atomic mass is 10.1. The van der Waals surface area contributed by atoms with E-state index in [2.05, 4.69) is 21.9 Å². The van der Waals surface area contributed by atoms with Gasteiger partial charge in [-0.05, 0) is 23.8 Å². The van der Waals surface area contributed by atoms with Crippen LogP contribution in [0.25, 0.3) is 0 Å². The third kappa shape index (κ3) is 3.12. The first kappa shape index (κ1) is 16.1. The molecule has 0 bridgehead atoms. The van der Waals surface area contributed by atoms with E-state index < -0.39 is 15.9 Å². The first-order valence-electron chi connectivity index (χ1n) is 8.25. The van der Waals surface area contributed by atoms with Crippen LogP contribution in [0.1, 0.15) is 15.9 Å². The lowest BCUT2D eigenvalue weighted by molar-refractivity contribution is 0.0985. The van der Waals surface area contributed by atoms with Gasteiger partial charge in [0.25, 0.3) is 15.9 Å². The second-order valence-corrected chi connectivity index (χ2v) is 8.01. The molecule has 1 saturated heterocycles. The topological polar surface area (TPSA) is 69.7 Å². The van der Waals surface area contributed by atoms with Crippen molar-refractivity contribution >= 4 is 21.6 Å². The Hall–Kier alpha value is -2.38. The average molecular weight is 357 g/mol. The molecule has 0 atom stereocenters. The molecule has 0 aliphatic carbocycles. The maximum absolute atomic E-state index is 12.0. The first-order chi connectivity index (χ1) is 12.0. The number of fused-ring (bicyclic) bond motifs is 1. The number of hydrogen-bond acceptors (Lipinski definition) is 5. The molecule has 2 heterocycles. The molecule has 0 aromatic heterocycles. The van der Waals surface area contributed by atoms with Crippen LogP contribution in [0.15, 0.2) is 53.4 Å². The summed E-state index contributed by atoms with van der Waals surface area (Å²) in [6, 6.07) is 15.4. The highest BCUT2D eigenvalue weighted by atomic mass is 32.2. The number of benzene rings is 2. The molecular formula is C18H19N3O3S. The van der Waals surface area contributed by atoms with Crippen LogP contribution in [0.5, 0.6) is 0 Å². The summed E-state index contributed by atoms with van der Waals surface area (Å²) in [7, 11) is -3.70. The van der Waals surface area contributed by atoms with E-state index in [0.29, 0.717) is 0 Å². The van der Waals surface area contributed by atoms with Crippen molar-refractivity contribution in [3.63, 3.8) is 0 Å². The van der Waals surface area contributed by atoms with Gasteiger partial charge in [-0.3, -0.25) is 9.69 Å². The third-order valence-corrected chi connectivity index (χ3v) is 6.08. The fraction of sp³-hybridized carbons (Fsp3) is 0.278. The van der Waals surface area contributed by atoms with Crippen LogP contribution in [-0.4, -0.2) is 45.4 Å². The normalized spacial score (nSPS) is 19.5. The molecule has 1 fully saturated rings. The van der Waals surface area contributed by atoms with Crippen molar-refractivity contribution in [3.8, 4) is 0 Å². The molecule has 6 nitrogen and oxygen atoms in total. The van der Waals surface area contributed by atoms with E-state index in [1.165, 1.54) is 5.56 Å². The Balaban J connectivity index is 1.46. The average Bonchev–Trinajstić information content (AvgIpc) is 2.85. The molecular weight excluding hydrogens is 338 g/mol. The van der Waals surface area contributed by atoms with Crippen molar-refractivity contribution in [3.05, 3.63) is 59.7 Å². The van der Waals surface area contributed by atoms with E-state index in [-0.39, 0.29) is 10.5 Å². The fourth-order valence-corrected chi connectivity index (χ4v) is 4.55. The lowest BCUT2D eigenvalue weighted by Gasteiger charge is -2.36. The number of nitrogens with one attached hydrogen (secondary N) is 1. The zero-order chi connectivity index (χ0) is 17.4. The minimum atomic E-state index is -3.70. The highest BCUT2D eigenvalue weighted by Gasteiger charge is 2.33. The Morgan fingerprint density at radius 3 is 2.40 bits per heavy atom. The maximum Gasteiger partial charge on any atom is 0.266 e. The fourth-order valence-electron chi connectivity index (χ4n) is 3.36. The summed E-state index contributed by atoms with van der Waals surface area (Å²) >= 11 is 0. The van der Waals surface area contributed by atoms with Gasteiger partial charge < -0.3 is 4.90 Å². The number of hydrogen-bond donors (Lipinski definition) is 1. The van der Waals surface area contributed by atoms with Crippen LogP contribution >= 0.6 is 0 Å². The number of rotatable bonds is 3. The number of carbonyl (C=O) groups excluding carboxylic acids is 1. The van der Waals surface area contributed by atoms with Crippen LogP contribution in [0.3, 0.4) is 0 Å². The number of sulfonamides is 1. The Bertz CT molecular complexity index is 904. The van der Waals surface area contributed by atoms with Crippen molar-refractivity contribution in [1.29, 1.82) is 0 Å². The van der Waals surface area contributed by atoms with E-state index in [4.69, 9.17) is 0 Å². The summed E-state index contributed by atoms with van der Waals surface area (Å²) in [5.41, 5.74) is 2.37. The van der Waals surface area contributed by atoms with Gasteiger partial charge in [-0.25, -0.2) is 13.1 Å². The molecule has 1 N–H and O–H groups in total. The molecule has 0 spiro atoms. The monoisotopic (exact) mass is 357 g/mol. The molecule has 2 aliphatic heterocycles. The predicted molar refractivity (Wildman–Crippen MR) is 95.0 cm³/mol. The summed E-state index contributed by atoms with van der Waals surface area (Å²) in [5.74, 6) is -0.547. The summed E-state index contributed by atoms with van der Waals surface area (Å²) in [6.45, 7) is 4.40. The van der Waals surface area contributed by atoms with Crippen LogP contribution in [0, 0.1) is 0 Å². The molecule has 2 aliphatic rings. The summed E-state index contributed by atoms with van der Waals surface area (Å²) in [4.78, 5) is 16.3. The van der Waals surface area contributed by atoms with Crippen molar-refractivity contribution in [2.45, 2.75) is 11.4 Å². The molecule has 7 heteroatoms. The maximum atomic E-state index is 12.0. The van der Waals surface area contributed by atoms with Gasteiger partial charge in [-0.1, -0.05) is 30.3 Å². The van der Waals surface area contributed by atoms with E-state index >= 15 is 0 Å². The second kappa shape index (κ2) is 6.16. The summed E-state index contributed by atoms with van der Waals surface area (Å²) < 4.78 is 26.0. The van der Waals surface area contributed by atoms with Gasteiger partial charge in [0.1, 0.15) is 4.90 Å². The zero-order valence-electron chi connectivity index (χ0n) is 13.7. The SMILES string of the molecule is O=C1NS(=O)(=O)c2cc(N3CCN(Cc4ccccc4)CC3)ccc21. The minimum absolute atomic E-state index is 0.0849. The van der Waals surface area contributed by atoms with Gasteiger partial charge in [0.15, 0.2) is 0 Å². The first-order valence-corrected chi connectivity index (χ1v) is 9.74. The van der Waals surface area contributed by atoms with E-state index in [9.17, 15) is 13.2 Å². The smallest absolute Gasteiger partial charge is 0.266 e. The van der Waals surface area contributed by atoms with E-state index in [0.717, 1.165) is 38.4 Å². The Morgan fingerprint density at radius 2 is 1.68 bits per heavy atom. The van der Waals surface area contributed by atoms with Crippen LogP contribution < -0.4 is 9.62 Å². The second-order valence-electron chi connectivity index (χ2n) is 6.36. The van der Waals surface area contributed by atoms with Crippen molar-refractivity contribution < 1.29 is 13.2 Å². The van der Waals surface area contributed by atoms with Crippen LogP contribution in [0.4, 0.5) is 5.69 Å². The largest absolute Gasteiger partial charge is 0.369 e. The predicted octanol–water partition coefficient (Wildman–Crippen LogP) is 1.44. The van der Waals surface area contributed by atoms with Crippen molar-refractivity contribution in [2.24, 2.45) is 0 Å². The van der Waals surface area contributed by atoms with Crippen LogP contribution in [-0.2, 0) is 16.6 Å². The van der Waals surface area contributed by atoms with Gasteiger partial charge in [-0.15, -0.1) is 0 Å². The molecule has 0 unspecified atom stereocenters. The van der Waals surface area contributed by atoms with Crippen molar-refractivity contribution in [2.75, 3.05) is 31.1 Å². The zero-order valence-corrected chi connectivity index (χ0v) is 14.5. The van der Waals surface area contributed by atoms with E-state index in [1.807, 2.05) is 29.0 Å². The van der Waals surface area contributed by atoms with Gasteiger partial charge in [0.2, 0.25) is 0 Å².